The number of aromatic amines is 1. The topological polar surface area (TPSA) is 44.9 Å². The van der Waals surface area contributed by atoms with E-state index in [2.05, 4.69) is 43.2 Å². The number of benzene rings is 1. The van der Waals surface area contributed by atoms with Crippen LogP contribution in [0.2, 0.25) is 0 Å². The van der Waals surface area contributed by atoms with Crippen LogP contribution in [0.15, 0.2) is 30.5 Å². The second kappa shape index (κ2) is 13.4. The molecule has 0 saturated carbocycles. The van der Waals surface area contributed by atoms with Gasteiger partial charge in [-0.15, -0.1) is 0 Å². The van der Waals surface area contributed by atoms with Crippen molar-refractivity contribution in [3.8, 4) is 0 Å². The van der Waals surface area contributed by atoms with Crippen molar-refractivity contribution in [1.82, 2.24) is 10.3 Å². The van der Waals surface area contributed by atoms with Crippen LogP contribution in [0.25, 0.3) is 10.9 Å². The van der Waals surface area contributed by atoms with Crippen LogP contribution in [0, 0.1) is 11.8 Å². The summed E-state index contributed by atoms with van der Waals surface area (Å²) in [6, 6.07) is 8.54. The molecular weight excluding hydrogens is 320 g/mol. The average molecular weight is 361 g/mol. The van der Waals surface area contributed by atoms with Gasteiger partial charge in [-0.25, -0.2) is 0 Å². The molecule has 0 bridgehead atoms. The lowest BCUT2D eigenvalue weighted by Gasteiger charge is -2.21. The number of rotatable bonds is 7. The summed E-state index contributed by atoms with van der Waals surface area (Å²) in [5, 5.41) is 4.43. The normalized spacial score (nSPS) is 12.5. The third kappa shape index (κ3) is 7.63. The zero-order valence-corrected chi connectivity index (χ0v) is 18.1. The van der Waals surface area contributed by atoms with Gasteiger partial charge >= 0.3 is 0 Å². The Morgan fingerprint density at radius 1 is 1.08 bits per heavy atom. The zero-order chi connectivity index (χ0) is 20.1. The van der Waals surface area contributed by atoms with Crippen molar-refractivity contribution in [3.05, 3.63) is 36.0 Å². The molecule has 2 atom stereocenters. The van der Waals surface area contributed by atoms with Gasteiger partial charge in [-0.1, -0.05) is 73.6 Å². The van der Waals surface area contributed by atoms with Crippen LogP contribution in [-0.4, -0.2) is 16.9 Å². The molecular formula is C23H40N2O. The van der Waals surface area contributed by atoms with E-state index in [0.29, 0.717) is 5.92 Å². The lowest BCUT2D eigenvalue weighted by Crippen LogP contribution is -2.39. The number of carbonyl (C=O) groups is 1. The summed E-state index contributed by atoms with van der Waals surface area (Å²) in [7, 11) is 0. The minimum absolute atomic E-state index is 0.0135. The summed E-state index contributed by atoms with van der Waals surface area (Å²) in [4.78, 5) is 15.7. The molecule has 0 saturated heterocycles. The van der Waals surface area contributed by atoms with Gasteiger partial charge in [0.1, 0.15) is 0 Å². The molecule has 0 aliphatic rings. The first-order chi connectivity index (χ1) is 12.5. The van der Waals surface area contributed by atoms with Gasteiger partial charge in [0.05, 0.1) is 0 Å². The van der Waals surface area contributed by atoms with E-state index < -0.39 is 0 Å². The van der Waals surface area contributed by atoms with Crippen molar-refractivity contribution in [2.45, 2.75) is 80.7 Å². The van der Waals surface area contributed by atoms with E-state index >= 15 is 0 Å². The van der Waals surface area contributed by atoms with Crippen LogP contribution < -0.4 is 5.32 Å². The smallest absolute Gasteiger partial charge is 0.223 e. The van der Waals surface area contributed by atoms with Crippen LogP contribution >= 0.6 is 0 Å². The Bertz CT molecular complexity index is 615. The molecule has 2 unspecified atom stereocenters. The second-order valence-corrected chi connectivity index (χ2v) is 6.71. The van der Waals surface area contributed by atoms with Crippen molar-refractivity contribution in [2.75, 3.05) is 0 Å². The SMILES string of the molecule is CC.CC.CCC(CC(C)C)NC(=O)C(C)Cc1c[nH]c2ccccc12. The van der Waals surface area contributed by atoms with E-state index in [4.69, 9.17) is 0 Å². The maximum Gasteiger partial charge on any atom is 0.223 e. The molecule has 0 spiro atoms. The van der Waals surface area contributed by atoms with E-state index in [1.54, 1.807) is 0 Å². The Hall–Kier alpha value is -1.77. The number of nitrogens with one attached hydrogen (secondary N) is 2. The number of aromatic nitrogens is 1. The Balaban J connectivity index is 0.00000146. The van der Waals surface area contributed by atoms with Crippen molar-refractivity contribution >= 4 is 16.8 Å². The summed E-state index contributed by atoms with van der Waals surface area (Å²) in [5.41, 5.74) is 2.35. The number of H-pyrrole nitrogens is 1. The highest BCUT2D eigenvalue weighted by molar-refractivity contribution is 5.84. The maximum absolute atomic E-state index is 12.4. The third-order valence-corrected chi connectivity index (χ3v) is 4.24. The van der Waals surface area contributed by atoms with Gasteiger partial charge in [-0.2, -0.15) is 0 Å². The number of fused-ring (bicyclic) bond motifs is 1. The molecule has 148 valence electrons. The monoisotopic (exact) mass is 360 g/mol. The molecule has 2 N–H and O–H groups in total. The quantitative estimate of drug-likeness (QED) is 0.594. The standard InChI is InChI=1S/C19H28N2O.2C2H6/c1-5-16(10-13(2)3)21-19(22)14(4)11-15-12-20-18-9-7-6-8-17(15)18;2*1-2/h6-9,12-14,16,20H,5,10-11H2,1-4H3,(H,21,22);2*1-2H3. The predicted octanol–water partition coefficient (Wildman–Crippen LogP) is 6.34. The van der Waals surface area contributed by atoms with Crippen molar-refractivity contribution in [2.24, 2.45) is 11.8 Å². The van der Waals surface area contributed by atoms with Gasteiger partial charge < -0.3 is 10.3 Å². The summed E-state index contributed by atoms with van der Waals surface area (Å²) < 4.78 is 0. The zero-order valence-electron chi connectivity index (χ0n) is 18.1. The first kappa shape index (κ1) is 24.2. The summed E-state index contributed by atoms with van der Waals surface area (Å²) >= 11 is 0. The van der Waals surface area contributed by atoms with Crippen LogP contribution in [0.5, 0.6) is 0 Å². The molecule has 2 aromatic rings. The highest BCUT2D eigenvalue weighted by atomic mass is 16.1. The molecule has 3 nitrogen and oxygen atoms in total. The first-order valence-corrected chi connectivity index (χ1v) is 10.4. The highest BCUT2D eigenvalue weighted by Crippen LogP contribution is 2.21. The van der Waals surface area contributed by atoms with E-state index in [-0.39, 0.29) is 17.9 Å². The van der Waals surface area contributed by atoms with E-state index in [0.717, 1.165) is 24.8 Å². The lowest BCUT2D eigenvalue weighted by atomic mass is 9.97. The van der Waals surface area contributed by atoms with Gasteiger partial charge in [-0.3, -0.25) is 4.79 Å². The molecule has 0 aliphatic carbocycles. The Kier molecular flexibility index (Phi) is 12.5. The molecule has 1 aromatic carbocycles. The fraction of sp³-hybridized carbons (Fsp3) is 0.609. The number of amides is 1. The first-order valence-electron chi connectivity index (χ1n) is 10.4. The molecule has 2 rings (SSSR count). The van der Waals surface area contributed by atoms with Crippen LogP contribution in [-0.2, 0) is 11.2 Å². The lowest BCUT2D eigenvalue weighted by molar-refractivity contribution is -0.125. The molecule has 1 heterocycles. The summed E-state index contributed by atoms with van der Waals surface area (Å²) in [6.45, 7) is 16.5. The fourth-order valence-corrected chi connectivity index (χ4v) is 2.96. The number of hydrogen-bond acceptors (Lipinski definition) is 1. The average Bonchev–Trinajstić information content (AvgIpc) is 3.07. The molecule has 0 radical (unpaired) electrons. The molecule has 1 aromatic heterocycles. The number of hydrogen-bond donors (Lipinski definition) is 2. The van der Waals surface area contributed by atoms with Crippen LogP contribution in [0.3, 0.4) is 0 Å². The molecule has 0 fully saturated rings. The van der Waals surface area contributed by atoms with Crippen molar-refractivity contribution < 1.29 is 4.79 Å². The molecule has 3 heteroatoms. The van der Waals surface area contributed by atoms with Crippen molar-refractivity contribution in [1.29, 1.82) is 0 Å². The van der Waals surface area contributed by atoms with Crippen LogP contribution in [0.4, 0.5) is 0 Å². The van der Waals surface area contributed by atoms with Gasteiger partial charge in [0.15, 0.2) is 0 Å². The Morgan fingerprint density at radius 2 is 1.69 bits per heavy atom. The Morgan fingerprint density at radius 3 is 2.27 bits per heavy atom. The van der Waals surface area contributed by atoms with E-state index in [9.17, 15) is 4.79 Å². The van der Waals surface area contributed by atoms with Gasteiger partial charge in [-0.05, 0) is 36.8 Å². The third-order valence-electron chi connectivity index (χ3n) is 4.24. The van der Waals surface area contributed by atoms with E-state index in [1.165, 1.54) is 10.9 Å². The summed E-state index contributed by atoms with van der Waals surface area (Å²) in [6.07, 6.45) is 4.83. The largest absolute Gasteiger partial charge is 0.361 e. The fourth-order valence-electron chi connectivity index (χ4n) is 2.96. The van der Waals surface area contributed by atoms with Gasteiger partial charge in [0, 0.05) is 29.1 Å². The molecule has 1 amide bonds. The minimum Gasteiger partial charge on any atom is -0.361 e. The maximum atomic E-state index is 12.4. The molecule has 26 heavy (non-hydrogen) atoms. The van der Waals surface area contributed by atoms with Gasteiger partial charge in [0.2, 0.25) is 5.91 Å². The highest BCUT2D eigenvalue weighted by Gasteiger charge is 2.19. The van der Waals surface area contributed by atoms with E-state index in [1.807, 2.05) is 52.9 Å². The Labute approximate surface area is 161 Å². The number of para-hydroxylation sites is 1. The minimum atomic E-state index is -0.0135. The second-order valence-electron chi connectivity index (χ2n) is 6.71. The van der Waals surface area contributed by atoms with Crippen LogP contribution in [0.1, 0.15) is 73.8 Å². The van der Waals surface area contributed by atoms with Gasteiger partial charge in [0.25, 0.3) is 0 Å². The molecule has 0 aliphatic heterocycles. The number of carbonyl (C=O) groups excluding carboxylic acids is 1. The van der Waals surface area contributed by atoms with Crippen molar-refractivity contribution in [3.63, 3.8) is 0 Å². The summed E-state index contributed by atoms with van der Waals surface area (Å²) in [5.74, 6) is 0.757. The predicted molar refractivity (Wildman–Crippen MR) is 116 cm³/mol.